The number of hydrogen-bond acceptors (Lipinski definition) is 6. The van der Waals surface area contributed by atoms with Crippen LogP contribution in [-0.2, 0) is 0 Å². The number of hydrogen-bond donors (Lipinski definition) is 2. The number of pyridine rings is 2. The van der Waals surface area contributed by atoms with Gasteiger partial charge in [-0.15, -0.1) is 0 Å². The zero-order valence-corrected chi connectivity index (χ0v) is 19.4. The van der Waals surface area contributed by atoms with E-state index in [0.29, 0.717) is 41.6 Å². The van der Waals surface area contributed by atoms with Crippen molar-refractivity contribution in [3.05, 3.63) is 83.2 Å². The predicted molar refractivity (Wildman–Crippen MR) is 131 cm³/mol. The molecule has 2 heterocycles. The number of aromatic hydroxyl groups is 1. The smallest absolute Gasteiger partial charge is 0.161 e. The van der Waals surface area contributed by atoms with E-state index in [-0.39, 0.29) is 11.8 Å². The number of phenols is 1. The summed E-state index contributed by atoms with van der Waals surface area (Å²) in [7, 11) is 0. The van der Waals surface area contributed by atoms with Gasteiger partial charge in [0.15, 0.2) is 11.5 Å². The summed E-state index contributed by atoms with van der Waals surface area (Å²) in [6, 6.07) is 17.2. The summed E-state index contributed by atoms with van der Waals surface area (Å²) in [5, 5.41) is 15.7. The molecule has 0 saturated carbocycles. The minimum Gasteiger partial charge on any atom is -0.505 e. The summed E-state index contributed by atoms with van der Waals surface area (Å²) < 4.78 is 11.6. The quantitative estimate of drug-likeness (QED) is 0.350. The fourth-order valence-electron chi connectivity index (χ4n) is 3.87. The molecule has 0 aliphatic rings. The van der Waals surface area contributed by atoms with Crippen LogP contribution in [0.5, 0.6) is 17.2 Å². The lowest BCUT2D eigenvalue weighted by Gasteiger charge is -2.23. The van der Waals surface area contributed by atoms with Crippen molar-refractivity contribution in [2.75, 3.05) is 18.5 Å². The van der Waals surface area contributed by atoms with Crippen LogP contribution in [0.1, 0.15) is 42.3 Å². The highest BCUT2D eigenvalue weighted by molar-refractivity contribution is 5.86. The zero-order valence-electron chi connectivity index (χ0n) is 19.4. The molecule has 0 aliphatic heterocycles. The van der Waals surface area contributed by atoms with Crippen molar-refractivity contribution >= 4 is 16.7 Å². The van der Waals surface area contributed by atoms with Gasteiger partial charge in [0.1, 0.15) is 17.1 Å². The molecule has 2 N–H and O–H groups in total. The van der Waals surface area contributed by atoms with Gasteiger partial charge in [0.25, 0.3) is 0 Å². The third kappa shape index (κ3) is 4.85. The highest BCUT2D eigenvalue weighted by atomic mass is 16.5. The van der Waals surface area contributed by atoms with Crippen molar-refractivity contribution in [2.45, 2.75) is 33.7 Å². The van der Waals surface area contributed by atoms with Gasteiger partial charge in [-0.2, -0.15) is 0 Å². The lowest BCUT2D eigenvalue weighted by molar-refractivity contribution is 0.287. The van der Waals surface area contributed by atoms with E-state index >= 15 is 0 Å². The Kier molecular flexibility index (Phi) is 6.63. The first-order chi connectivity index (χ1) is 16.0. The Labute approximate surface area is 194 Å². The molecule has 4 aromatic rings. The minimum absolute atomic E-state index is 0.146. The van der Waals surface area contributed by atoms with Crippen molar-refractivity contribution < 1.29 is 14.6 Å². The van der Waals surface area contributed by atoms with Gasteiger partial charge >= 0.3 is 0 Å². The topological polar surface area (TPSA) is 76.5 Å². The summed E-state index contributed by atoms with van der Waals surface area (Å²) in [4.78, 5) is 9.06. The first kappa shape index (κ1) is 22.4. The van der Waals surface area contributed by atoms with E-state index in [4.69, 9.17) is 9.47 Å². The van der Waals surface area contributed by atoms with Crippen LogP contribution in [-0.4, -0.2) is 28.3 Å². The molecule has 1 atom stereocenters. The average Bonchev–Trinajstić information content (AvgIpc) is 2.80. The highest BCUT2D eigenvalue weighted by Gasteiger charge is 2.22. The maximum atomic E-state index is 11.3. The Balaban J connectivity index is 1.87. The number of nitrogens with one attached hydrogen (secondary N) is 1. The van der Waals surface area contributed by atoms with Crippen molar-refractivity contribution in [1.82, 2.24) is 9.97 Å². The second-order valence-corrected chi connectivity index (χ2v) is 7.90. The molecular formula is C27H29N3O3. The van der Waals surface area contributed by atoms with Crippen molar-refractivity contribution in [3.8, 4) is 17.2 Å². The maximum Gasteiger partial charge on any atom is 0.161 e. The van der Waals surface area contributed by atoms with Gasteiger partial charge in [0.05, 0.1) is 19.3 Å². The number of rotatable bonds is 8. The van der Waals surface area contributed by atoms with Crippen LogP contribution < -0.4 is 14.8 Å². The lowest BCUT2D eigenvalue weighted by atomic mass is 9.95. The van der Waals surface area contributed by atoms with Crippen LogP contribution >= 0.6 is 0 Å². The van der Waals surface area contributed by atoms with Gasteiger partial charge in [-0.05, 0) is 69.2 Å². The number of ether oxygens (including phenoxy) is 2. The zero-order chi connectivity index (χ0) is 23.4. The second-order valence-electron chi connectivity index (χ2n) is 7.90. The molecule has 0 bridgehead atoms. The Morgan fingerprint density at radius 3 is 2.42 bits per heavy atom. The number of fused-ring (bicyclic) bond motifs is 1. The van der Waals surface area contributed by atoms with E-state index in [1.807, 2.05) is 82.3 Å². The third-order valence-corrected chi connectivity index (χ3v) is 5.43. The van der Waals surface area contributed by atoms with Gasteiger partial charge < -0.3 is 19.9 Å². The first-order valence-electron chi connectivity index (χ1n) is 11.2. The maximum absolute atomic E-state index is 11.3. The van der Waals surface area contributed by atoms with Crippen LogP contribution in [0.3, 0.4) is 0 Å². The lowest BCUT2D eigenvalue weighted by Crippen LogP contribution is -2.14. The van der Waals surface area contributed by atoms with E-state index in [1.165, 1.54) is 0 Å². The number of anilines is 1. The molecule has 1 unspecified atom stereocenters. The average molecular weight is 444 g/mol. The fraction of sp³-hybridized carbons (Fsp3) is 0.259. The Morgan fingerprint density at radius 1 is 0.909 bits per heavy atom. The minimum atomic E-state index is -0.388. The van der Waals surface area contributed by atoms with E-state index in [1.54, 1.807) is 6.20 Å². The summed E-state index contributed by atoms with van der Waals surface area (Å²) in [6.07, 6.45) is 1.77. The fourth-order valence-corrected chi connectivity index (χ4v) is 3.87. The predicted octanol–water partition coefficient (Wildman–Crippen LogP) is 5.95. The van der Waals surface area contributed by atoms with E-state index in [9.17, 15) is 5.11 Å². The molecule has 0 fully saturated rings. The van der Waals surface area contributed by atoms with Gasteiger partial charge in [-0.25, -0.2) is 9.97 Å². The molecule has 0 spiro atoms. The van der Waals surface area contributed by atoms with Crippen LogP contribution in [0.15, 0.2) is 60.8 Å². The summed E-state index contributed by atoms with van der Waals surface area (Å²) >= 11 is 0. The Hall–Kier alpha value is -3.80. The first-order valence-corrected chi connectivity index (χ1v) is 11.2. The molecule has 0 saturated heterocycles. The monoisotopic (exact) mass is 443 g/mol. The number of aromatic nitrogens is 2. The SMILES string of the molecule is CCOc1ccc(C(Nc2cc(C)ccn2)c2ccc3ccc(C)nc3c2O)cc1OCC. The Morgan fingerprint density at radius 2 is 1.67 bits per heavy atom. The van der Waals surface area contributed by atoms with Crippen molar-refractivity contribution in [3.63, 3.8) is 0 Å². The molecule has 2 aromatic carbocycles. The summed E-state index contributed by atoms with van der Waals surface area (Å²) in [5.41, 5.74) is 4.13. The molecule has 4 rings (SSSR count). The largest absolute Gasteiger partial charge is 0.505 e. The van der Waals surface area contributed by atoms with Crippen LogP contribution in [0, 0.1) is 13.8 Å². The van der Waals surface area contributed by atoms with E-state index < -0.39 is 0 Å². The van der Waals surface area contributed by atoms with Gasteiger partial charge in [-0.3, -0.25) is 0 Å². The van der Waals surface area contributed by atoms with Crippen molar-refractivity contribution in [2.24, 2.45) is 0 Å². The molecule has 6 nitrogen and oxygen atoms in total. The van der Waals surface area contributed by atoms with Gasteiger partial charge in [0.2, 0.25) is 0 Å². The van der Waals surface area contributed by atoms with E-state index in [0.717, 1.165) is 22.2 Å². The normalized spacial score (nSPS) is 11.9. The van der Waals surface area contributed by atoms with Crippen LogP contribution in [0.2, 0.25) is 0 Å². The standard InChI is InChI=1S/C27H29N3O3/c1-5-32-22-12-10-20(16-23(22)33-6-2)25(30-24-15-17(3)13-14-28-24)21-11-9-19-8-7-18(4)29-26(19)27(21)31/h7-16,25,31H,5-6H2,1-4H3,(H,28,30). The highest BCUT2D eigenvalue weighted by Crippen LogP contribution is 2.39. The second kappa shape index (κ2) is 9.77. The van der Waals surface area contributed by atoms with Crippen LogP contribution in [0.25, 0.3) is 10.9 Å². The molecule has 0 aliphatic carbocycles. The third-order valence-electron chi connectivity index (χ3n) is 5.43. The van der Waals surface area contributed by atoms with Gasteiger partial charge in [0, 0.05) is 22.8 Å². The number of aryl methyl sites for hydroxylation is 2. The Bertz CT molecular complexity index is 1270. The molecule has 33 heavy (non-hydrogen) atoms. The molecular weight excluding hydrogens is 414 g/mol. The molecule has 6 heteroatoms. The molecule has 0 amide bonds. The number of nitrogens with zero attached hydrogens (tertiary/aromatic N) is 2. The number of phenolic OH excluding ortho intramolecular Hbond substituents is 1. The van der Waals surface area contributed by atoms with E-state index in [2.05, 4.69) is 15.3 Å². The number of benzene rings is 2. The van der Waals surface area contributed by atoms with Gasteiger partial charge in [-0.1, -0.05) is 24.3 Å². The molecule has 0 radical (unpaired) electrons. The van der Waals surface area contributed by atoms with Crippen LogP contribution in [0.4, 0.5) is 5.82 Å². The molecule has 170 valence electrons. The summed E-state index contributed by atoms with van der Waals surface area (Å²) in [6.45, 7) is 8.89. The van der Waals surface area contributed by atoms with Crippen molar-refractivity contribution in [1.29, 1.82) is 0 Å². The molecule has 2 aromatic heterocycles. The summed E-state index contributed by atoms with van der Waals surface area (Å²) in [5.74, 6) is 2.21.